The quantitative estimate of drug-likeness (QED) is 0.851. The van der Waals surface area contributed by atoms with Crippen LogP contribution in [0.4, 0.5) is 0 Å². The Labute approximate surface area is 98.0 Å². The summed E-state index contributed by atoms with van der Waals surface area (Å²) in [6, 6.07) is 0. The molecule has 1 heterocycles. The van der Waals surface area contributed by atoms with Crippen LogP contribution >= 0.6 is 0 Å². The summed E-state index contributed by atoms with van der Waals surface area (Å²) in [5.41, 5.74) is 7.54. The number of rotatable bonds is 3. The summed E-state index contributed by atoms with van der Waals surface area (Å²) < 4.78 is 2.07. The van der Waals surface area contributed by atoms with Gasteiger partial charge in [0, 0.05) is 6.20 Å². The monoisotopic (exact) mass is 221 g/mol. The van der Waals surface area contributed by atoms with Crippen molar-refractivity contribution >= 4 is 0 Å². The Morgan fingerprint density at radius 2 is 2.12 bits per heavy atom. The van der Waals surface area contributed by atoms with Crippen LogP contribution in [0.15, 0.2) is 12.4 Å². The van der Waals surface area contributed by atoms with E-state index in [1.165, 1.54) is 24.8 Å². The van der Waals surface area contributed by atoms with E-state index in [4.69, 9.17) is 5.73 Å². The van der Waals surface area contributed by atoms with Crippen molar-refractivity contribution < 1.29 is 0 Å². The van der Waals surface area contributed by atoms with Gasteiger partial charge in [0.05, 0.1) is 11.7 Å². The third-order valence-electron chi connectivity index (χ3n) is 3.82. The van der Waals surface area contributed by atoms with Crippen molar-refractivity contribution in [3.05, 3.63) is 18.0 Å². The first-order valence-electron chi connectivity index (χ1n) is 6.24. The van der Waals surface area contributed by atoms with E-state index in [1.807, 2.05) is 6.20 Å². The van der Waals surface area contributed by atoms with E-state index in [0.717, 1.165) is 13.0 Å². The van der Waals surface area contributed by atoms with E-state index in [9.17, 15) is 0 Å². The first kappa shape index (κ1) is 11.6. The summed E-state index contributed by atoms with van der Waals surface area (Å²) in [5, 5.41) is 4.49. The smallest absolute Gasteiger partial charge is 0.0543 e. The lowest BCUT2D eigenvalue weighted by Gasteiger charge is -2.41. The highest BCUT2D eigenvalue weighted by atomic mass is 15.3. The molecule has 1 aliphatic rings. The molecular weight excluding hydrogens is 198 g/mol. The molecule has 0 atom stereocenters. The minimum atomic E-state index is 0.0753. The van der Waals surface area contributed by atoms with Gasteiger partial charge in [0.1, 0.15) is 0 Å². The number of hydrogen-bond acceptors (Lipinski definition) is 2. The zero-order valence-corrected chi connectivity index (χ0v) is 10.7. The fourth-order valence-corrected chi connectivity index (χ4v) is 2.53. The lowest BCUT2D eigenvalue weighted by Crippen LogP contribution is -2.36. The molecule has 0 amide bonds. The third kappa shape index (κ3) is 1.88. The predicted molar refractivity (Wildman–Crippen MR) is 66.4 cm³/mol. The fourth-order valence-electron chi connectivity index (χ4n) is 2.53. The Kier molecular flexibility index (Phi) is 2.82. The predicted octanol–water partition coefficient (Wildman–Crippen LogP) is 2.41. The van der Waals surface area contributed by atoms with Gasteiger partial charge in [-0.2, -0.15) is 5.10 Å². The van der Waals surface area contributed by atoms with E-state index in [1.54, 1.807) is 0 Å². The Hall–Kier alpha value is -0.830. The van der Waals surface area contributed by atoms with Gasteiger partial charge in [-0.1, -0.05) is 6.42 Å². The van der Waals surface area contributed by atoms with Gasteiger partial charge >= 0.3 is 0 Å². The van der Waals surface area contributed by atoms with Crippen LogP contribution in [0.3, 0.4) is 0 Å². The molecule has 0 radical (unpaired) electrons. The minimum absolute atomic E-state index is 0.0753. The standard InChI is InChI=1S/C13H23N3/c1-12(2,3)16-10-11(9-15-16)13(7-8-14)5-4-6-13/h9-10H,4-8,14H2,1-3H3. The van der Waals surface area contributed by atoms with Crippen molar-refractivity contribution in [1.82, 2.24) is 9.78 Å². The summed E-state index contributed by atoms with van der Waals surface area (Å²) >= 11 is 0. The van der Waals surface area contributed by atoms with Crippen LogP contribution in [0.25, 0.3) is 0 Å². The summed E-state index contributed by atoms with van der Waals surface area (Å²) in [6.07, 6.45) is 9.25. The maximum absolute atomic E-state index is 5.73. The molecule has 0 bridgehead atoms. The van der Waals surface area contributed by atoms with Crippen molar-refractivity contribution in [2.75, 3.05) is 6.54 Å². The Bertz CT molecular complexity index is 355. The molecule has 0 unspecified atom stereocenters. The number of nitrogens with zero attached hydrogens (tertiary/aromatic N) is 2. The summed E-state index contributed by atoms with van der Waals surface area (Å²) in [6.45, 7) is 7.32. The minimum Gasteiger partial charge on any atom is -0.330 e. The van der Waals surface area contributed by atoms with Crippen molar-refractivity contribution in [2.24, 2.45) is 5.73 Å². The van der Waals surface area contributed by atoms with Crippen LogP contribution in [0.2, 0.25) is 0 Å². The highest BCUT2D eigenvalue weighted by molar-refractivity contribution is 5.23. The van der Waals surface area contributed by atoms with E-state index in [0.29, 0.717) is 5.41 Å². The molecular formula is C13H23N3. The van der Waals surface area contributed by atoms with Crippen molar-refractivity contribution in [2.45, 2.75) is 57.4 Å². The number of nitrogens with two attached hydrogens (primary N) is 1. The second-order valence-electron chi connectivity index (χ2n) is 6.02. The molecule has 0 aromatic carbocycles. The molecule has 1 saturated carbocycles. The molecule has 1 aromatic heterocycles. The largest absolute Gasteiger partial charge is 0.330 e. The topological polar surface area (TPSA) is 43.8 Å². The Morgan fingerprint density at radius 3 is 2.50 bits per heavy atom. The molecule has 0 aliphatic heterocycles. The maximum Gasteiger partial charge on any atom is 0.0543 e. The van der Waals surface area contributed by atoms with E-state index < -0.39 is 0 Å². The average molecular weight is 221 g/mol. The van der Waals surface area contributed by atoms with Crippen LogP contribution in [-0.4, -0.2) is 16.3 Å². The lowest BCUT2D eigenvalue weighted by molar-refractivity contribution is 0.228. The average Bonchev–Trinajstić information content (AvgIpc) is 2.59. The molecule has 90 valence electrons. The molecule has 2 rings (SSSR count). The van der Waals surface area contributed by atoms with E-state index in [2.05, 4.69) is 36.7 Å². The molecule has 1 aliphatic carbocycles. The first-order valence-corrected chi connectivity index (χ1v) is 6.24. The molecule has 1 aromatic rings. The van der Waals surface area contributed by atoms with Gasteiger partial charge in [0.15, 0.2) is 0 Å². The van der Waals surface area contributed by atoms with Crippen LogP contribution in [0.1, 0.15) is 52.0 Å². The Morgan fingerprint density at radius 1 is 1.44 bits per heavy atom. The summed E-state index contributed by atoms with van der Waals surface area (Å²) in [5.74, 6) is 0. The zero-order valence-electron chi connectivity index (χ0n) is 10.7. The highest BCUT2D eigenvalue weighted by Crippen LogP contribution is 2.46. The van der Waals surface area contributed by atoms with Crippen LogP contribution in [-0.2, 0) is 11.0 Å². The summed E-state index contributed by atoms with van der Waals surface area (Å²) in [7, 11) is 0. The van der Waals surface area contributed by atoms with Crippen LogP contribution in [0, 0.1) is 0 Å². The van der Waals surface area contributed by atoms with Gasteiger partial charge in [0.25, 0.3) is 0 Å². The molecule has 0 saturated heterocycles. The second-order valence-corrected chi connectivity index (χ2v) is 6.02. The molecule has 16 heavy (non-hydrogen) atoms. The number of hydrogen-bond donors (Lipinski definition) is 1. The summed E-state index contributed by atoms with van der Waals surface area (Å²) in [4.78, 5) is 0. The maximum atomic E-state index is 5.73. The van der Waals surface area contributed by atoms with Gasteiger partial charge in [-0.05, 0) is 57.6 Å². The fraction of sp³-hybridized carbons (Fsp3) is 0.769. The van der Waals surface area contributed by atoms with E-state index in [-0.39, 0.29) is 5.54 Å². The lowest BCUT2D eigenvalue weighted by atomic mass is 9.63. The zero-order chi connectivity index (χ0) is 11.8. The molecule has 3 nitrogen and oxygen atoms in total. The van der Waals surface area contributed by atoms with Crippen molar-refractivity contribution in [3.8, 4) is 0 Å². The normalized spacial score (nSPS) is 19.5. The van der Waals surface area contributed by atoms with Crippen LogP contribution in [0.5, 0.6) is 0 Å². The number of aromatic nitrogens is 2. The molecule has 2 N–H and O–H groups in total. The molecule has 0 spiro atoms. The molecule has 1 fully saturated rings. The van der Waals surface area contributed by atoms with Gasteiger partial charge in [0.2, 0.25) is 0 Å². The van der Waals surface area contributed by atoms with Gasteiger partial charge in [-0.3, -0.25) is 4.68 Å². The van der Waals surface area contributed by atoms with Crippen molar-refractivity contribution in [1.29, 1.82) is 0 Å². The third-order valence-corrected chi connectivity index (χ3v) is 3.82. The first-order chi connectivity index (χ1) is 7.48. The van der Waals surface area contributed by atoms with Gasteiger partial charge < -0.3 is 5.73 Å². The van der Waals surface area contributed by atoms with Crippen molar-refractivity contribution in [3.63, 3.8) is 0 Å². The SMILES string of the molecule is CC(C)(C)n1cc(C2(CCN)CCC2)cn1. The van der Waals surface area contributed by atoms with Gasteiger partial charge in [-0.15, -0.1) is 0 Å². The molecule has 3 heteroatoms. The van der Waals surface area contributed by atoms with Gasteiger partial charge in [-0.25, -0.2) is 0 Å². The Balaban J connectivity index is 2.24. The second kappa shape index (κ2) is 3.88. The highest BCUT2D eigenvalue weighted by Gasteiger charge is 2.39. The van der Waals surface area contributed by atoms with Crippen LogP contribution < -0.4 is 5.73 Å². The van der Waals surface area contributed by atoms with E-state index >= 15 is 0 Å².